The molecule has 0 unspecified atom stereocenters. The molecule has 0 aliphatic carbocycles. The number of hydrogen-bond acceptors (Lipinski definition) is 4. The van der Waals surface area contributed by atoms with Crippen LogP contribution in [0.4, 0.5) is 5.69 Å². The molecule has 1 fully saturated rings. The molecule has 1 aromatic carbocycles. The predicted octanol–water partition coefficient (Wildman–Crippen LogP) is 3.58. The number of aryl methyl sites for hydroxylation is 1. The molecule has 4 heteroatoms. The molecule has 1 aromatic heterocycles. The van der Waals surface area contributed by atoms with E-state index in [1.54, 1.807) is 6.92 Å². The molecule has 2 heterocycles. The molecule has 1 aliphatic rings. The van der Waals surface area contributed by atoms with Crippen molar-refractivity contribution in [3.63, 3.8) is 0 Å². The molecule has 0 amide bonds. The minimum atomic E-state index is 0.127. The summed E-state index contributed by atoms with van der Waals surface area (Å²) in [6.45, 7) is 9.11. The van der Waals surface area contributed by atoms with Crippen LogP contribution in [-0.2, 0) is 6.54 Å². The van der Waals surface area contributed by atoms with Crippen molar-refractivity contribution in [2.75, 3.05) is 31.1 Å². The highest BCUT2D eigenvalue weighted by molar-refractivity contribution is 7.11. The summed E-state index contributed by atoms with van der Waals surface area (Å²) >= 11 is 1.90. The molecule has 1 saturated heterocycles. The predicted molar refractivity (Wildman–Crippen MR) is 93.0 cm³/mol. The fourth-order valence-corrected chi connectivity index (χ4v) is 3.79. The smallest absolute Gasteiger partial charge is 0.159 e. The molecule has 22 heavy (non-hydrogen) atoms. The summed E-state index contributed by atoms with van der Waals surface area (Å²) in [6, 6.07) is 12.4. The molecular formula is C18H22N2OS. The number of carbonyl (C=O) groups excluding carboxylic acids is 1. The Morgan fingerprint density at radius 1 is 1.05 bits per heavy atom. The summed E-state index contributed by atoms with van der Waals surface area (Å²) in [7, 11) is 0. The van der Waals surface area contributed by atoms with E-state index < -0.39 is 0 Å². The average molecular weight is 314 g/mol. The van der Waals surface area contributed by atoms with Crippen molar-refractivity contribution >= 4 is 22.8 Å². The topological polar surface area (TPSA) is 23.6 Å². The van der Waals surface area contributed by atoms with Crippen LogP contribution in [0, 0.1) is 6.92 Å². The van der Waals surface area contributed by atoms with Gasteiger partial charge in [-0.25, -0.2) is 0 Å². The maximum atomic E-state index is 11.3. The molecule has 0 bridgehead atoms. The standard InChI is InChI=1S/C18H22N2OS/c1-14-3-8-18(22-14)13-19-9-11-20(12-10-19)17-6-4-16(5-7-17)15(2)21/h3-8H,9-13H2,1-2H3. The van der Waals surface area contributed by atoms with Crippen LogP contribution in [0.5, 0.6) is 0 Å². The average Bonchev–Trinajstić information content (AvgIpc) is 2.93. The van der Waals surface area contributed by atoms with Gasteiger partial charge in [-0.2, -0.15) is 0 Å². The first-order valence-electron chi connectivity index (χ1n) is 7.75. The minimum absolute atomic E-state index is 0.127. The number of piperazine rings is 1. The van der Waals surface area contributed by atoms with Gasteiger partial charge in [0.15, 0.2) is 5.78 Å². The molecule has 0 atom stereocenters. The van der Waals surface area contributed by atoms with Gasteiger partial charge < -0.3 is 4.90 Å². The Morgan fingerprint density at radius 2 is 1.73 bits per heavy atom. The summed E-state index contributed by atoms with van der Waals surface area (Å²) in [4.78, 5) is 19.1. The number of anilines is 1. The van der Waals surface area contributed by atoms with Crippen LogP contribution in [0.15, 0.2) is 36.4 Å². The van der Waals surface area contributed by atoms with Crippen LogP contribution in [0.2, 0.25) is 0 Å². The summed E-state index contributed by atoms with van der Waals surface area (Å²) < 4.78 is 0. The number of hydrogen-bond donors (Lipinski definition) is 0. The van der Waals surface area contributed by atoms with Gasteiger partial charge in [0, 0.05) is 53.7 Å². The van der Waals surface area contributed by atoms with Crippen molar-refractivity contribution < 1.29 is 4.79 Å². The zero-order valence-electron chi connectivity index (χ0n) is 13.2. The van der Waals surface area contributed by atoms with E-state index in [4.69, 9.17) is 0 Å². The Morgan fingerprint density at radius 3 is 2.27 bits per heavy atom. The molecule has 0 radical (unpaired) electrons. The highest BCUT2D eigenvalue weighted by Crippen LogP contribution is 2.21. The number of ketones is 1. The third-order valence-electron chi connectivity index (χ3n) is 4.19. The second-order valence-electron chi connectivity index (χ2n) is 5.88. The molecule has 1 aliphatic heterocycles. The lowest BCUT2D eigenvalue weighted by Gasteiger charge is -2.36. The van der Waals surface area contributed by atoms with E-state index in [1.165, 1.54) is 15.4 Å². The molecule has 116 valence electrons. The highest BCUT2D eigenvalue weighted by Gasteiger charge is 2.17. The number of rotatable bonds is 4. The van der Waals surface area contributed by atoms with Crippen molar-refractivity contribution in [3.05, 3.63) is 51.7 Å². The van der Waals surface area contributed by atoms with Crippen LogP contribution in [0.3, 0.4) is 0 Å². The zero-order valence-corrected chi connectivity index (χ0v) is 14.0. The van der Waals surface area contributed by atoms with Gasteiger partial charge in [-0.3, -0.25) is 9.69 Å². The van der Waals surface area contributed by atoms with Crippen LogP contribution < -0.4 is 4.90 Å². The molecular weight excluding hydrogens is 292 g/mol. The van der Waals surface area contributed by atoms with E-state index in [0.717, 1.165) is 38.3 Å². The Labute approximate surface area is 136 Å². The van der Waals surface area contributed by atoms with Crippen molar-refractivity contribution in [1.82, 2.24) is 4.90 Å². The number of nitrogens with zero attached hydrogens (tertiary/aromatic N) is 2. The monoisotopic (exact) mass is 314 g/mol. The van der Waals surface area contributed by atoms with Gasteiger partial charge in [0.05, 0.1) is 0 Å². The molecule has 3 nitrogen and oxygen atoms in total. The first-order chi connectivity index (χ1) is 10.6. The molecule has 3 rings (SSSR count). The van der Waals surface area contributed by atoms with E-state index in [2.05, 4.69) is 41.0 Å². The van der Waals surface area contributed by atoms with Gasteiger partial charge >= 0.3 is 0 Å². The number of carbonyl (C=O) groups is 1. The van der Waals surface area contributed by atoms with Crippen LogP contribution in [0.1, 0.15) is 27.0 Å². The van der Waals surface area contributed by atoms with Gasteiger partial charge in [-0.1, -0.05) is 0 Å². The minimum Gasteiger partial charge on any atom is -0.369 e. The van der Waals surface area contributed by atoms with Crippen molar-refractivity contribution in [1.29, 1.82) is 0 Å². The van der Waals surface area contributed by atoms with E-state index in [-0.39, 0.29) is 5.78 Å². The van der Waals surface area contributed by atoms with Gasteiger partial charge in [0.2, 0.25) is 0 Å². The zero-order chi connectivity index (χ0) is 15.5. The quantitative estimate of drug-likeness (QED) is 0.806. The largest absolute Gasteiger partial charge is 0.369 e. The molecule has 0 saturated carbocycles. The first kappa shape index (κ1) is 15.3. The van der Waals surface area contributed by atoms with Gasteiger partial charge in [-0.15, -0.1) is 11.3 Å². The van der Waals surface area contributed by atoms with Crippen molar-refractivity contribution in [3.8, 4) is 0 Å². The number of Topliss-reactive ketones (excluding diaryl/α,β-unsaturated/α-hetero) is 1. The van der Waals surface area contributed by atoms with Crippen molar-refractivity contribution in [2.45, 2.75) is 20.4 Å². The lowest BCUT2D eigenvalue weighted by molar-refractivity contribution is 0.101. The summed E-state index contributed by atoms with van der Waals surface area (Å²) in [5.41, 5.74) is 2.01. The molecule has 2 aromatic rings. The number of benzene rings is 1. The van der Waals surface area contributed by atoms with E-state index in [9.17, 15) is 4.79 Å². The Hall–Kier alpha value is -1.65. The van der Waals surface area contributed by atoms with Gasteiger partial charge in [0.1, 0.15) is 0 Å². The molecule has 0 spiro atoms. The second kappa shape index (κ2) is 6.63. The Bertz CT molecular complexity index is 639. The first-order valence-corrected chi connectivity index (χ1v) is 8.57. The summed E-state index contributed by atoms with van der Waals surface area (Å²) in [6.07, 6.45) is 0. The van der Waals surface area contributed by atoms with E-state index >= 15 is 0 Å². The normalized spacial score (nSPS) is 16.0. The Balaban J connectivity index is 1.56. The third kappa shape index (κ3) is 3.57. The maximum absolute atomic E-state index is 11.3. The number of thiophene rings is 1. The maximum Gasteiger partial charge on any atom is 0.159 e. The SMILES string of the molecule is CC(=O)c1ccc(N2CCN(Cc3ccc(C)s3)CC2)cc1. The lowest BCUT2D eigenvalue weighted by atomic mass is 10.1. The van der Waals surface area contributed by atoms with E-state index in [1.807, 2.05) is 23.5 Å². The second-order valence-corrected chi connectivity index (χ2v) is 7.25. The van der Waals surface area contributed by atoms with Crippen LogP contribution >= 0.6 is 11.3 Å². The highest BCUT2D eigenvalue weighted by atomic mass is 32.1. The van der Waals surface area contributed by atoms with Crippen molar-refractivity contribution in [2.24, 2.45) is 0 Å². The Kier molecular flexibility index (Phi) is 4.60. The third-order valence-corrected chi connectivity index (χ3v) is 5.17. The van der Waals surface area contributed by atoms with Gasteiger partial charge in [-0.05, 0) is 50.2 Å². The lowest BCUT2D eigenvalue weighted by Crippen LogP contribution is -2.45. The fourth-order valence-electron chi connectivity index (χ4n) is 2.86. The van der Waals surface area contributed by atoms with Crippen LogP contribution in [0.25, 0.3) is 0 Å². The van der Waals surface area contributed by atoms with Crippen LogP contribution in [-0.4, -0.2) is 36.9 Å². The fraction of sp³-hybridized carbons (Fsp3) is 0.389. The van der Waals surface area contributed by atoms with E-state index in [0.29, 0.717) is 0 Å². The molecule has 0 N–H and O–H groups in total. The van der Waals surface area contributed by atoms with Gasteiger partial charge in [0.25, 0.3) is 0 Å². The summed E-state index contributed by atoms with van der Waals surface area (Å²) in [5, 5.41) is 0. The summed E-state index contributed by atoms with van der Waals surface area (Å²) in [5.74, 6) is 0.127.